The van der Waals surface area contributed by atoms with E-state index in [4.69, 9.17) is 0 Å². The highest BCUT2D eigenvalue weighted by Crippen LogP contribution is 2.18. The number of hydrogen-bond acceptors (Lipinski definition) is 1. The fourth-order valence-electron chi connectivity index (χ4n) is 1.35. The van der Waals surface area contributed by atoms with Crippen molar-refractivity contribution in [3.63, 3.8) is 0 Å². The molecule has 0 amide bonds. The quantitative estimate of drug-likeness (QED) is 0.613. The van der Waals surface area contributed by atoms with Crippen LogP contribution in [0.15, 0.2) is 0 Å². The van der Waals surface area contributed by atoms with Crippen LogP contribution in [0.3, 0.4) is 0 Å². The zero-order chi connectivity index (χ0) is 10.4. The van der Waals surface area contributed by atoms with Gasteiger partial charge in [-0.2, -0.15) is 0 Å². The summed E-state index contributed by atoms with van der Waals surface area (Å²) in [5.74, 6) is 1.74. The summed E-state index contributed by atoms with van der Waals surface area (Å²) < 4.78 is 0. The maximum Gasteiger partial charge on any atom is 0.00355 e. The minimum atomic E-state index is 0.684. The monoisotopic (exact) mass is 185 g/mol. The standard InChI is InChI=1S/C12H27N/c1-7-11(4)12(5)8-9-13(6)10(2)3/h10-12H,7-9H2,1-6H3. The van der Waals surface area contributed by atoms with Crippen LogP contribution in [0, 0.1) is 11.8 Å². The van der Waals surface area contributed by atoms with Gasteiger partial charge >= 0.3 is 0 Å². The van der Waals surface area contributed by atoms with Crippen LogP contribution in [0.2, 0.25) is 0 Å². The van der Waals surface area contributed by atoms with E-state index in [2.05, 4.69) is 46.6 Å². The molecule has 0 spiro atoms. The van der Waals surface area contributed by atoms with Crippen LogP contribution >= 0.6 is 0 Å². The fourth-order valence-corrected chi connectivity index (χ4v) is 1.35. The molecule has 80 valence electrons. The third-order valence-electron chi connectivity index (χ3n) is 3.43. The molecule has 0 aliphatic carbocycles. The third-order valence-corrected chi connectivity index (χ3v) is 3.43. The Morgan fingerprint density at radius 1 is 1.00 bits per heavy atom. The second-order valence-electron chi connectivity index (χ2n) is 4.73. The van der Waals surface area contributed by atoms with Gasteiger partial charge in [-0.15, -0.1) is 0 Å². The molecular weight excluding hydrogens is 158 g/mol. The lowest BCUT2D eigenvalue weighted by molar-refractivity contribution is 0.233. The molecule has 0 heterocycles. The first-order valence-electron chi connectivity index (χ1n) is 5.69. The summed E-state index contributed by atoms with van der Waals surface area (Å²) in [4.78, 5) is 2.43. The average molecular weight is 185 g/mol. The molecule has 13 heavy (non-hydrogen) atoms. The molecule has 1 nitrogen and oxygen atoms in total. The molecule has 0 aromatic carbocycles. The lowest BCUT2D eigenvalue weighted by atomic mass is 9.91. The third kappa shape index (κ3) is 5.30. The Labute approximate surface area is 84.5 Å². The first-order chi connectivity index (χ1) is 5.99. The lowest BCUT2D eigenvalue weighted by Crippen LogP contribution is -2.29. The molecule has 0 aliphatic heterocycles. The molecule has 2 unspecified atom stereocenters. The van der Waals surface area contributed by atoms with E-state index >= 15 is 0 Å². The molecule has 0 aromatic rings. The van der Waals surface area contributed by atoms with Crippen molar-refractivity contribution >= 4 is 0 Å². The summed E-state index contributed by atoms with van der Waals surface area (Å²) in [6, 6.07) is 0.684. The lowest BCUT2D eigenvalue weighted by Gasteiger charge is -2.25. The molecule has 0 N–H and O–H groups in total. The Bertz CT molecular complexity index is 120. The molecule has 0 fully saturated rings. The molecule has 0 saturated heterocycles. The van der Waals surface area contributed by atoms with Crippen molar-refractivity contribution in [3.8, 4) is 0 Å². The van der Waals surface area contributed by atoms with E-state index in [-0.39, 0.29) is 0 Å². The smallest absolute Gasteiger partial charge is 0.00355 e. The molecule has 1 heteroatoms. The van der Waals surface area contributed by atoms with Gasteiger partial charge in [0.25, 0.3) is 0 Å². The van der Waals surface area contributed by atoms with E-state index in [0.717, 1.165) is 11.8 Å². The van der Waals surface area contributed by atoms with Gasteiger partial charge in [0.05, 0.1) is 0 Å². The minimum Gasteiger partial charge on any atom is -0.304 e. The molecule has 2 atom stereocenters. The second-order valence-corrected chi connectivity index (χ2v) is 4.73. The van der Waals surface area contributed by atoms with E-state index in [1.807, 2.05) is 0 Å². The van der Waals surface area contributed by atoms with Gasteiger partial charge in [0.15, 0.2) is 0 Å². The van der Waals surface area contributed by atoms with Gasteiger partial charge in [0.2, 0.25) is 0 Å². The topological polar surface area (TPSA) is 3.24 Å². The van der Waals surface area contributed by atoms with E-state index < -0.39 is 0 Å². The molecule has 0 bridgehead atoms. The van der Waals surface area contributed by atoms with E-state index in [9.17, 15) is 0 Å². The zero-order valence-electron chi connectivity index (χ0n) is 10.3. The molecule has 0 aromatic heterocycles. The number of rotatable bonds is 6. The van der Waals surface area contributed by atoms with Crippen molar-refractivity contribution in [2.75, 3.05) is 13.6 Å². The zero-order valence-corrected chi connectivity index (χ0v) is 10.3. The van der Waals surface area contributed by atoms with Crippen molar-refractivity contribution in [2.45, 2.75) is 53.5 Å². The van der Waals surface area contributed by atoms with Crippen molar-refractivity contribution in [3.05, 3.63) is 0 Å². The number of nitrogens with zero attached hydrogens (tertiary/aromatic N) is 1. The van der Waals surface area contributed by atoms with Crippen LogP contribution in [-0.4, -0.2) is 24.5 Å². The highest BCUT2D eigenvalue weighted by molar-refractivity contribution is 4.64. The van der Waals surface area contributed by atoms with Crippen LogP contribution in [-0.2, 0) is 0 Å². The molecule has 0 aliphatic rings. The first kappa shape index (κ1) is 13.0. The van der Waals surface area contributed by atoms with E-state index in [1.54, 1.807) is 0 Å². The molecule has 0 radical (unpaired) electrons. The molecule has 0 saturated carbocycles. The van der Waals surface area contributed by atoms with Gasteiger partial charge in [-0.05, 0) is 45.7 Å². The van der Waals surface area contributed by atoms with Crippen molar-refractivity contribution in [1.82, 2.24) is 4.90 Å². The Kier molecular flexibility index (Phi) is 6.40. The van der Waals surface area contributed by atoms with Crippen molar-refractivity contribution < 1.29 is 0 Å². The molecular formula is C12H27N. The maximum absolute atomic E-state index is 2.43. The van der Waals surface area contributed by atoms with Gasteiger partial charge in [0, 0.05) is 6.04 Å². The predicted octanol–water partition coefficient (Wildman–Crippen LogP) is 3.40. The Hall–Kier alpha value is -0.0400. The summed E-state index contributed by atoms with van der Waals surface area (Å²) in [5, 5.41) is 0. The van der Waals surface area contributed by atoms with E-state index in [0.29, 0.717) is 6.04 Å². The second kappa shape index (κ2) is 6.42. The fraction of sp³-hybridized carbons (Fsp3) is 1.00. The van der Waals surface area contributed by atoms with Crippen molar-refractivity contribution in [1.29, 1.82) is 0 Å². The van der Waals surface area contributed by atoms with Crippen LogP contribution in [0.1, 0.15) is 47.5 Å². The molecule has 0 rings (SSSR count). The highest BCUT2D eigenvalue weighted by atomic mass is 15.1. The Morgan fingerprint density at radius 3 is 1.92 bits per heavy atom. The van der Waals surface area contributed by atoms with Crippen molar-refractivity contribution in [2.24, 2.45) is 11.8 Å². The SMILES string of the molecule is CCC(C)C(C)CCN(C)C(C)C. The first-order valence-corrected chi connectivity index (χ1v) is 5.69. The van der Waals surface area contributed by atoms with Gasteiger partial charge in [-0.1, -0.05) is 27.2 Å². The Balaban J connectivity index is 3.63. The highest BCUT2D eigenvalue weighted by Gasteiger charge is 2.11. The van der Waals surface area contributed by atoms with Gasteiger partial charge in [-0.3, -0.25) is 0 Å². The largest absolute Gasteiger partial charge is 0.304 e. The summed E-state index contributed by atoms with van der Waals surface area (Å²) >= 11 is 0. The summed E-state index contributed by atoms with van der Waals surface area (Å²) in [6.07, 6.45) is 2.65. The maximum atomic E-state index is 2.43. The van der Waals surface area contributed by atoms with E-state index in [1.165, 1.54) is 19.4 Å². The minimum absolute atomic E-state index is 0.684. The van der Waals surface area contributed by atoms with Crippen LogP contribution in [0.4, 0.5) is 0 Å². The number of hydrogen-bond donors (Lipinski definition) is 0. The Morgan fingerprint density at radius 2 is 1.54 bits per heavy atom. The average Bonchev–Trinajstić information content (AvgIpc) is 2.11. The van der Waals surface area contributed by atoms with Gasteiger partial charge in [0.1, 0.15) is 0 Å². The summed E-state index contributed by atoms with van der Waals surface area (Å²) in [7, 11) is 2.22. The normalized spacial score (nSPS) is 16.6. The predicted molar refractivity (Wildman–Crippen MR) is 61.0 cm³/mol. The summed E-state index contributed by atoms with van der Waals surface area (Å²) in [5.41, 5.74) is 0. The van der Waals surface area contributed by atoms with Gasteiger partial charge in [-0.25, -0.2) is 0 Å². The van der Waals surface area contributed by atoms with Crippen LogP contribution < -0.4 is 0 Å². The van der Waals surface area contributed by atoms with Gasteiger partial charge < -0.3 is 4.90 Å². The van der Waals surface area contributed by atoms with Crippen LogP contribution in [0.5, 0.6) is 0 Å². The summed E-state index contributed by atoms with van der Waals surface area (Å²) in [6.45, 7) is 12.8. The van der Waals surface area contributed by atoms with Crippen LogP contribution in [0.25, 0.3) is 0 Å².